The summed E-state index contributed by atoms with van der Waals surface area (Å²) in [7, 11) is 1.53. The fourth-order valence-electron chi connectivity index (χ4n) is 2.72. The molecule has 7 nitrogen and oxygen atoms in total. The Hall–Kier alpha value is -3.55. The zero-order valence-corrected chi connectivity index (χ0v) is 19.4. The molecule has 0 aromatic heterocycles. The van der Waals surface area contributed by atoms with Crippen molar-refractivity contribution >= 4 is 46.9 Å². The number of anilines is 1. The first-order valence-corrected chi connectivity index (χ1v) is 10.6. The van der Waals surface area contributed by atoms with Crippen LogP contribution in [0.15, 0.2) is 65.8 Å². The van der Waals surface area contributed by atoms with E-state index in [-0.39, 0.29) is 18.4 Å². The number of nitrogens with zero attached hydrogens (tertiary/aromatic N) is 1. The van der Waals surface area contributed by atoms with Gasteiger partial charge in [0.25, 0.3) is 11.8 Å². The van der Waals surface area contributed by atoms with E-state index < -0.39 is 0 Å². The van der Waals surface area contributed by atoms with Gasteiger partial charge in [0.1, 0.15) is 11.5 Å². The molecule has 0 saturated heterocycles. The molecule has 9 heteroatoms. The van der Waals surface area contributed by atoms with Crippen LogP contribution in [0.4, 0.5) is 5.69 Å². The van der Waals surface area contributed by atoms with Gasteiger partial charge in [0.15, 0.2) is 6.61 Å². The molecule has 0 bridgehead atoms. The molecule has 0 unspecified atom stereocenters. The lowest BCUT2D eigenvalue weighted by Crippen LogP contribution is -2.20. The second-order valence-electron chi connectivity index (χ2n) is 6.92. The van der Waals surface area contributed by atoms with Crippen molar-refractivity contribution in [2.45, 2.75) is 6.92 Å². The van der Waals surface area contributed by atoms with Gasteiger partial charge in [0.05, 0.1) is 18.3 Å². The van der Waals surface area contributed by atoms with Crippen LogP contribution in [0.1, 0.15) is 21.5 Å². The average molecular weight is 486 g/mol. The molecule has 2 N–H and O–H groups in total. The van der Waals surface area contributed by atoms with Gasteiger partial charge >= 0.3 is 0 Å². The molecular formula is C24H21Cl2N3O4. The Bertz CT molecular complexity index is 1200. The van der Waals surface area contributed by atoms with Crippen molar-refractivity contribution in [2.24, 2.45) is 5.10 Å². The number of rotatable bonds is 8. The second-order valence-corrected chi connectivity index (χ2v) is 7.74. The van der Waals surface area contributed by atoms with Gasteiger partial charge in [-0.2, -0.15) is 5.10 Å². The average Bonchev–Trinajstić information content (AvgIpc) is 2.81. The van der Waals surface area contributed by atoms with Crippen molar-refractivity contribution in [3.63, 3.8) is 0 Å². The third-order valence-corrected chi connectivity index (χ3v) is 5.18. The third-order valence-electron chi connectivity index (χ3n) is 4.48. The van der Waals surface area contributed by atoms with Crippen molar-refractivity contribution in [3.8, 4) is 11.5 Å². The Labute approximate surface area is 201 Å². The Balaban J connectivity index is 1.53. The molecule has 3 aromatic carbocycles. The number of halogens is 2. The summed E-state index contributed by atoms with van der Waals surface area (Å²) < 4.78 is 10.6. The van der Waals surface area contributed by atoms with Gasteiger partial charge in [-0.15, -0.1) is 0 Å². The highest BCUT2D eigenvalue weighted by molar-refractivity contribution is 6.32. The van der Waals surface area contributed by atoms with E-state index >= 15 is 0 Å². The van der Waals surface area contributed by atoms with Crippen molar-refractivity contribution in [2.75, 3.05) is 19.0 Å². The fourth-order valence-corrected chi connectivity index (χ4v) is 3.14. The Morgan fingerprint density at radius 1 is 1.03 bits per heavy atom. The molecule has 3 aromatic rings. The van der Waals surface area contributed by atoms with E-state index in [1.54, 1.807) is 54.6 Å². The minimum absolute atomic E-state index is 0.227. The minimum atomic E-state index is -0.378. The Morgan fingerprint density at radius 3 is 2.58 bits per heavy atom. The number of amides is 2. The molecule has 0 aliphatic rings. The van der Waals surface area contributed by atoms with E-state index in [2.05, 4.69) is 15.8 Å². The first-order chi connectivity index (χ1) is 15.9. The Morgan fingerprint density at radius 2 is 1.85 bits per heavy atom. The maximum Gasteiger partial charge on any atom is 0.271 e. The molecule has 0 atom stereocenters. The highest BCUT2D eigenvalue weighted by Gasteiger charge is 2.09. The lowest BCUT2D eigenvalue weighted by atomic mass is 10.2. The summed E-state index contributed by atoms with van der Waals surface area (Å²) in [6, 6.07) is 16.9. The van der Waals surface area contributed by atoms with Crippen LogP contribution in [0.25, 0.3) is 0 Å². The minimum Gasteiger partial charge on any atom is -0.497 e. The lowest BCUT2D eigenvalue weighted by Gasteiger charge is -2.10. The van der Waals surface area contributed by atoms with Crippen LogP contribution in [0.5, 0.6) is 11.5 Å². The van der Waals surface area contributed by atoms with Gasteiger partial charge in [-0.25, -0.2) is 5.43 Å². The number of carbonyl (C=O) groups is 2. The quantitative estimate of drug-likeness (QED) is 0.343. The van der Waals surface area contributed by atoms with Gasteiger partial charge in [-0.05, 0) is 66.6 Å². The first-order valence-electron chi connectivity index (χ1n) is 9.81. The molecule has 2 amide bonds. The standard InChI is InChI=1S/C24H21Cl2N3O4/c1-15-6-8-18(12-20(15)25)28-23(30)14-33-22-9-7-16(10-21(22)26)13-27-29-24(31)17-4-3-5-19(11-17)32-2/h3-13H,14H2,1-2H3,(H,28,30)(H,29,31)/b27-13+. The third kappa shape index (κ3) is 6.97. The summed E-state index contributed by atoms with van der Waals surface area (Å²) >= 11 is 12.3. The van der Waals surface area contributed by atoms with Crippen molar-refractivity contribution in [1.29, 1.82) is 0 Å². The molecule has 0 aliphatic carbocycles. The highest BCUT2D eigenvalue weighted by atomic mass is 35.5. The molecule has 0 aliphatic heterocycles. The number of benzene rings is 3. The summed E-state index contributed by atoms with van der Waals surface area (Å²) in [5.74, 6) is 0.186. The number of ether oxygens (including phenoxy) is 2. The van der Waals surface area contributed by atoms with E-state index in [1.165, 1.54) is 13.3 Å². The number of hydrogen-bond acceptors (Lipinski definition) is 5. The van der Waals surface area contributed by atoms with Gasteiger partial charge in [0, 0.05) is 16.3 Å². The normalized spacial score (nSPS) is 10.7. The van der Waals surface area contributed by atoms with E-state index in [9.17, 15) is 9.59 Å². The second kappa shape index (κ2) is 11.4. The van der Waals surface area contributed by atoms with E-state index in [4.69, 9.17) is 32.7 Å². The molecule has 3 rings (SSSR count). The van der Waals surface area contributed by atoms with E-state index in [0.717, 1.165) is 5.56 Å². The number of hydrazone groups is 1. The van der Waals surface area contributed by atoms with Crippen molar-refractivity contribution in [1.82, 2.24) is 5.43 Å². The molecular weight excluding hydrogens is 465 g/mol. The number of nitrogens with one attached hydrogen (secondary N) is 2. The predicted octanol–water partition coefficient (Wildman–Crippen LogP) is 5.09. The number of hydrogen-bond donors (Lipinski definition) is 2. The monoisotopic (exact) mass is 485 g/mol. The van der Waals surface area contributed by atoms with Gasteiger partial charge in [-0.1, -0.05) is 35.3 Å². The maximum atomic E-state index is 12.2. The summed E-state index contributed by atoms with van der Waals surface area (Å²) in [6.07, 6.45) is 1.45. The summed E-state index contributed by atoms with van der Waals surface area (Å²) in [5, 5.41) is 7.51. The summed E-state index contributed by atoms with van der Waals surface area (Å²) in [6.45, 7) is 1.65. The lowest BCUT2D eigenvalue weighted by molar-refractivity contribution is -0.118. The zero-order valence-electron chi connectivity index (χ0n) is 17.9. The first kappa shape index (κ1) is 24.1. The number of methoxy groups -OCH3 is 1. The van der Waals surface area contributed by atoms with Crippen LogP contribution in [0, 0.1) is 6.92 Å². The molecule has 0 fully saturated rings. The predicted molar refractivity (Wildman–Crippen MR) is 130 cm³/mol. The smallest absolute Gasteiger partial charge is 0.271 e. The zero-order chi connectivity index (χ0) is 23.8. The van der Waals surface area contributed by atoms with Crippen LogP contribution in [0.3, 0.4) is 0 Å². The van der Waals surface area contributed by atoms with Crippen LogP contribution >= 0.6 is 23.2 Å². The van der Waals surface area contributed by atoms with Crippen LogP contribution < -0.4 is 20.2 Å². The van der Waals surface area contributed by atoms with Gasteiger partial charge < -0.3 is 14.8 Å². The molecule has 0 radical (unpaired) electrons. The molecule has 170 valence electrons. The fraction of sp³-hybridized carbons (Fsp3) is 0.125. The SMILES string of the molecule is COc1cccc(C(=O)N/N=C/c2ccc(OCC(=O)Nc3ccc(C)c(Cl)c3)c(Cl)c2)c1. The van der Waals surface area contributed by atoms with E-state index in [0.29, 0.717) is 38.4 Å². The molecule has 33 heavy (non-hydrogen) atoms. The molecule has 0 heterocycles. The topological polar surface area (TPSA) is 89.0 Å². The summed E-state index contributed by atoms with van der Waals surface area (Å²) in [4.78, 5) is 24.3. The molecule has 0 saturated carbocycles. The maximum absolute atomic E-state index is 12.2. The van der Waals surface area contributed by atoms with Crippen molar-refractivity contribution in [3.05, 3.63) is 87.4 Å². The van der Waals surface area contributed by atoms with Gasteiger partial charge in [0.2, 0.25) is 0 Å². The molecule has 0 spiro atoms. The highest BCUT2D eigenvalue weighted by Crippen LogP contribution is 2.25. The van der Waals surface area contributed by atoms with Crippen LogP contribution in [-0.4, -0.2) is 31.7 Å². The largest absolute Gasteiger partial charge is 0.497 e. The van der Waals surface area contributed by atoms with Gasteiger partial charge in [-0.3, -0.25) is 9.59 Å². The number of aryl methyl sites for hydroxylation is 1. The van der Waals surface area contributed by atoms with Crippen LogP contribution in [0.2, 0.25) is 10.0 Å². The summed E-state index contributed by atoms with van der Waals surface area (Å²) in [5.41, 5.74) is 4.99. The number of carbonyl (C=O) groups excluding carboxylic acids is 2. The van der Waals surface area contributed by atoms with E-state index in [1.807, 2.05) is 13.0 Å². The Kier molecular flexibility index (Phi) is 8.29. The van der Waals surface area contributed by atoms with Crippen molar-refractivity contribution < 1.29 is 19.1 Å². The van der Waals surface area contributed by atoms with Crippen LogP contribution in [-0.2, 0) is 4.79 Å².